The van der Waals surface area contributed by atoms with Gasteiger partial charge in [0.2, 0.25) is 0 Å². The van der Waals surface area contributed by atoms with Gasteiger partial charge in [-0.2, -0.15) is 18.4 Å². The molecule has 0 saturated heterocycles. The molecule has 1 heterocycles. The number of nitriles is 1. The zero-order valence-corrected chi connectivity index (χ0v) is 13.6. The highest BCUT2D eigenvalue weighted by atomic mass is 32.2. The van der Waals surface area contributed by atoms with Gasteiger partial charge >= 0.3 is 5.51 Å². The normalized spacial score (nSPS) is 17.6. The summed E-state index contributed by atoms with van der Waals surface area (Å²) in [6.07, 6.45) is 1.15. The smallest absolute Gasteiger partial charge is 0.236 e. The molecule has 0 spiro atoms. The van der Waals surface area contributed by atoms with Gasteiger partial charge in [0.25, 0.3) is 9.84 Å². The number of hydrogen-bond donors (Lipinski definition) is 0. The Bertz CT molecular complexity index is 948. The Morgan fingerprint density at radius 1 is 1.20 bits per heavy atom. The van der Waals surface area contributed by atoms with Gasteiger partial charge in [-0.05, 0) is 49.1 Å². The van der Waals surface area contributed by atoms with Crippen LogP contribution in [0.3, 0.4) is 0 Å². The Labute approximate surface area is 142 Å². The summed E-state index contributed by atoms with van der Waals surface area (Å²) in [5.74, 6) is 0.389. The van der Waals surface area contributed by atoms with Gasteiger partial charge in [-0.3, -0.25) is 0 Å². The number of sulfone groups is 1. The van der Waals surface area contributed by atoms with Crippen LogP contribution in [0.4, 0.5) is 13.2 Å². The number of halogens is 3. The minimum absolute atomic E-state index is 0.126. The minimum atomic E-state index is -5.25. The fraction of sp³-hybridized carbons (Fsp3) is 0.312. The quantitative estimate of drug-likeness (QED) is 0.815. The molecule has 1 aromatic carbocycles. The van der Waals surface area contributed by atoms with Gasteiger partial charge in [0, 0.05) is 17.5 Å². The van der Waals surface area contributed by atoms with Crippen LogP contribution >= 0.6 is 0 Å². The molecular formula is C16H12F3N3O2S. The summed E-state index contributed by atoms with van der Waals surface area (Å²) in [5.41, 5.74) is -3.11. The maximum absolute atomic E-state index is 12.7. The highest BCUT2D eigenvalue weighted by Crippen LogP contribution is 2.34. The van der Waals surface area contributed by atoms with Crippen molar-refractivity contribution in [3.63, 3.8) is 0 Å². The van der Waals surface area contributed by atoms with Gasteiger partial charge in [0.1, 0.15) is 0 Å². The number of rotatable bonds is 2. The van der Waals surface area contributed by atoms with Crippen LogP contribution in [0.2, 0.25) is 0 Å². The number of fused-ring (bicyclic) bond motifs is 1. The van der Waals surface area contributed by atoms with Gasteiger partial charge in [-0.1, -0.05) is 0 Å². The second-order valence-corrected chi connectivity index (χ2v) is 7.93. The molecular weight excluding hydrogens is 355 g/mol. The van der Waals surface area contributed by atoms with Crippen molar-refractivity contribution in [2.45, 2.75) is 30.0 Å². The van der Waals surface area contributed by atoms with E-state index in [1.807, 2.05) is 6.07 Å². The van der Waals surface area contributed by atoms with E-state index in [0.29, 0.717) is 28.2 Å². The van der Waals surface area contributed by atoms with E-state index in [4.69, 9.17) is 5.26 Å². The zero-order valence-electron chi connectivity index (χ0n) is 12.8. The van der Waals surface area contributed by atoms with Crippen LogP contribution in [0, 0.1) is 11.3 Å². The summed E-state index contributed by atoms with van der Waals surface area (Å²) < 4.78 is 61.2. The molecule has 1 unspecified atom stereocenters. The summed E-state index contributed by atoms with van der Waals surface area (Å²) in [7, 11) is -5.20. The molecule has 0 saturated carbocycles. The van der Waals surface area contributed by atoms with E-state index in [9.17, 15) is 21.6 Å². The van der Waals surface area contributed by atoms with Crippen molar-refractivity contribution >= 4 is 9.84 Å². The van der Waals surface area contributed by atoms with Crippen molar-refractivity contribution in [2.75, 3.05) is 0 Å². The number of aryl methyl sites for hydroxylation is 1. The van der Waals surface area contributed by atoms with E-state index < -0.39 is 20.6 Å². The monoisotopic (exact) mass is 367 g/mol. The molecule has 1 aliphatic carbocycles. The number of benzene rings is 1. The molecule has 0 amide bonds. The van der Waals surface area contributed by atoms with E-state index in [2.05, 4.69) is 9.97 Å². The second kappa shape index (κ2) is 6.11. The lowest BCUT2D eigenvalue weighted by molar-refractivity contribution is -0.0446. The Hall–Kier alpha value is -2.47. The van der Waals surface area contributed by atoms with Crippen LogP contribution in [-0.4, -0.2) is 29.1 Å². The fourth-order valence-corrected chi connectivity index (χ4v) is 3.97. The average Bonchev–Trinajstić information content (AvgIpc) is 2.60. The first kappa shape index (κ1) is 17.4. The van der Waals surface area contributed by atoms with E-state index in [-0.39, 0.29) is 19.3 Å². The van der Waals surface area contributed by atoms with Crippen LogP contribution in [0.15, 0.2) is 30.5 Å². The van der Waals surface area contributed by atoms with Gasteiger partial charge in [0.05, 0.1) is 16.9 Å². The summed E-state index contributed by atoms with van der Waals surface area (Å²) >= 11 is 0. The molecule has 0 radical (unpaired) electrons. The molecule has 25 heavy (non-hydrogen) atoms. The van der Waals surface area contributed by atoms with Crippen LogP contribution in [-0.2, 0) is 22.7 Å². The van der Waals surface area contributed by atoms with Gasteiger partial charge < -0.3 is 0 Å². The van der Waals surface area contributed by atoms with E-state index in [0.717, 1.165) is 0 Å². The average molecular weight is 367 g/mol. The first-order valence-electron chi connectivity index (χ1n) is 7.38. The molecule has 9 heteroatoms. The molecule has 3 rings (SSSR count). The third kappa shape index (κ3) is 3.22. The van der Waals surface area contributed by atoms with Crippen LogP contribution in [0.1, 0.15) is 23.2 Å². The summed E-state index contributed by atoms with van der Waals surface area (Å²) in [6.45, 7) is 0. The molecule has 1 atom stereocenters. The lowest BCUT2D eigenvalue weighted by Gasteiger charge is -2.24. The molecule has 0 fully saturated rings. The molecule has 2 aromatic rings. The van der Waals surface area contributed by atoms with Crippen molar-refractivity contribution < 1.29 is 21.6 Å². The zero-order chi connectivity index (χ0) is 18.2. The standard InChI is InChI=1S/C16H12F3N3O2S/c17-16(18,19)25(23,24)13-5-6-14-12(7-13)9-21-15(22-14)11-3-1-10(8-20)2-4-11/h1-4,9,13H,5-7H2. The Morgan fingerprint density at radius 3 is 2.48 bits per heavy atom. The molecule has 130 valence electrons. The van der Waals surface area contributed by atoms with Gasteiger partial charge in [-0.25, -0.2) is 18.4 Å². The van der Waals surface area contributed by atoms with Crippen molar-refractivity contribution in [3.8, 4) is 17.5 Å². The summed E-state index contributed by atoms with van der Waals surface area (Å²) in [5, 5.41) is 7.30. The first-order valence-corrected chi connectivity index (χ1v) is 8.92. The highest BCUT2D eigenvalue weighted by Gasteiger charge is 2.51. The second-order valence-electron chi connectivity index (χ2n) is 5.71. The lowest BCUT2D eigenvalue weighted by Crippen LogP contribution is -2.38. The fourth-order valence-electron chi connectivity index (χ4n) is 2.76. The number of hydrogen-bond acceptors (Lipinski definition) is 5. The first-order chi connectivity index (χ1) is 11.7. The maximum atomic E-state index is 12.7. The highest BCUT2D eigenvalue weighted by molar-refractivity contribution is 7.92. The van der Waals surface area contributed by atoms with Crippen LogP contribution in [0.25, 0.3) is 11.4 Å². The Balaban J connectivity index is 1.88. The van der Waals surface area contributed by atoms with Crippen LogP contribution in [0.5, 0.6) is 0 Å². The third-order valence-corrected chi connectivity index (χ3v) is 6.06. The largest absolute Gasteiger partial charge is 0.497 e. The van der Waals surface area contributed by atoms with Crippen LogP contribution < -0.4 is 0 Å². The molecule has 0 bridgehead atoms. The predicted molar refractivity (Wildman–Crippen MR) is 83.0 cm³/mol. The van der Waals surface area contributed by atoms with Gasteiger partial charge in [-0.15, -0.1) is 0 Å². The number of aromatic nitrogens is 2. The Morgan fingerprint density at radius 2 is 1.88 bits per heavy atom. The molecule has 5 nitrogen and oxygen atoms in total. The molecule has 1 aliphatic rings. The minimum Gasteiger partial charge on any atom is -0.236 e. The molecule has 1 aromatic heterocycles. The van der Waals surface area contributed by atoms with Crippen molar-refractivity contribution in [3.05, 3.63) is 47.3 Å². The molecule has 0 N–H and O–H groups in total. The van der Waals surface area contributed by atoms with Crippen molar-refractivity contribution in [1.82, 2.24) is 9.97 Å². The van der Waals surface area contributed by atoms with Crippen molar-refractivity contribution in [1.29, 1.82) is 5.26 Å². The maximum Gasteiger partial charge on any atom is 0.497 e. The summed E-state index contributed by atoms with van der Waals surface area (Å²) in [6, 6.07) is 8.59. The van der Waals surface area contributed by atoms with E-state index in [1.54, 1.807) is 24.3 Å². The number of nitrogens with zero attached hydrogens (tertiary/aromatic N) is 3. The predicted octanol–water partition coefficient (Wildman–Crippen LogP) is 2.81. The number of alkyl halides is 3. The van der Waals surface area contributed by atoms with Gasteiger partial charge in [0.15, 0.2) is 5.82 Å². The topological polar surface area (TPSA) is 83.7 Å². The SMILES string of the molecule is N#Cc1ccc(-c2ncc3c(n2)CCC(S(=O)(=O)C(F)(F)F)C3)cc1. The molecule has 0 aliphatic heterocycles. The lowest BCUT2D eigenvalue weighted by atomic mass is 9.96. The van der Waals surface area contributed by atoms with Crippen molar-refractivity contribution in [2.24, 2.45) is 0 Å². The van der Waals surface area contributed by atoms with E-state index >= 15 is 0 Å². The Kier molecular flexibility index (Phi) is 4.24. The third-order valence-electron chi connectivity index (χ3n) is 4.14. The van der Waals surface area contributed by atoms with E-state index in [1.165, 1.54) is 6.20 Å². The summed E-state index contributed by atoms with van der Waals surface area (Å²) in [4.78, 5) is 8.47.